The molecule has 1 rings (SSSR count). The third-order valence-corrected chi connectivity index (χ3v) is 2.67. The zero-order valence-electron chi connectivity index (χ0n) is 9.60. The van der Waals surface area contributed by atoms with E-state index in [4.69, 9.17) is 5.11 Å². The van der Waals surface area contributed by atoms with Crippen molar-refractivity contribution < 1.29 is 14.4 Å². The predicted octanol–water partition coefficient (Wildman–Crippen LogP) is 1.34. The third kappa shape index (κ3) is 3.02. The number of nitrogens with zero attached hydrogens (tertiary/aromatic N) is 1. The highest BCUT2D eigenvalue weighted by Gasteiger charge is 2.28. The Morgan fingerprint density at radius 1 is 1.44 bits per heavy atom. The fourth-order valence-electron chi connectivity index (χ4n) is 1.69. The maximum Gasteiger partial charge on any atom is 0.338 e. The monoisotopic (exact) mass is 220 g/mol. The summed E-state index contributed by atoms with van der Waals surface area (Å²) >= 11 is 0. The minimum atomic E-state index is -0.0714. The minimum absolute atomic E-state index is 0.0110. The van der Waals surface area contributed by atoms with Crippen LogP contribution in [0.2, 0.25) is 0 Å². The Bertz CT molecular complexity index is 361. The SMILES string of the molecule is C=CC(=O)[N+](C)(CCO)Cc1ccccc1. The minimum Gasteiger partial charge on any atom is -0.390 e. The van der Waals surface area contributed by atoms with Gasteiger partial charge in [-0.1, -0.05) is 36.9 Å². The van der Waals surface area contributed by atoms with Crippen LogP contribution in [0.1, 0.15) is 5.56 Å². The van der Waals surface area contributed by atoms with Crippen LogP contribution in [-0.4, -0.2) is 35.7 Å². The lowest BCUT2D eigenvalue weighted by atomic mass is 10.2. The van der Waals surface area contributed by atoms with Crippen molar-refractivity contribution in [2.75, 3.05) is 20.2 Å². The highest BCUT2D eigenvalue weighted by atomic mass is 16.3. The molecular formula is C13H18NO2+. The van der Waals surface area contributed by atoms with Crippen LogP contribution in [0.25, 0.3) is 0 Å². The number of benzene rings is 1. The lowest BCUT2D eigenvalue weighted by Crippen LogP contribution is -2.49. The number of quaternary nitrogens is 1. The third-order valence-electron chi connectivity index (χ3n) is 2.67. The summed E-state index contributed by atoms with van der Waals surface area (Å²) in [5.74, 6) is -0.0714. The molecule has 1 N–H and O–H groups in total. The first-order chi connectivity index (χ1) is 7.62. The topological polar surface area (TPSA) is 37.3 Å². The van der Waals surface area contributed by atoms with E-state index in [-0.39, 0.29) is 17.0 Å². The molecule has 0 aliphatic carbocycles. The number of hydrogen-bond donors (Lipinski definition) is 1. The van der Waals surface area contributed by atoms with Gasteiger partial charge in [-0.3, -0.25) is 4.48 Å². The van der Waals surface area contributed by atoms with Gasteiger partial charge in [-0.25, -0.2) is 4.79 Å². The Morgan fingerprint density at radius 2 is 2.06 bits per heavy atom. The van der Waals surface area contributed by atoms with Crippen LogP contribution in [0, 0.1) is 0 Å². The largest absolute Gasteiger partial charge is 0.390 e. The van der Waals surface area contributed by atoms with Crippen LogP contribution in [0.3, 0.4) is 0 Å². The summed E-state index contributed by atoms with van der Waals surface area (Å²) in [6, 6.07) is 9.78. The molecule has 0 saturated carbocycles. The van der Waals surface area contributed by atoms with E-state index in [1.807, 2.05) is 37.4 Å². The Labute approximate surface area is 96.2 Å². The van der Waals surface area contributed by atoms with Gasteiger partial charge < -0.3 is 5.11 Å². The second-order valence-electron chi connectivity index (χ2n) is 4.03. The van der Waals surface area contributed by atoms with Gasteiger partial charge in [0.15, 0.2) is 0 Å². The van der Waals surface area contributed by atoms with E-state index in [2.05, 4.69) is 6.58 Å². The van der Waals surface area contributed by atoms with Gasteiger partial charge in [0.05, 0.1) is 13.7 Å². The average molecular weight is 220 g/mol. The van der Waals surface area contributed by atoms with E-state index in [0.717, 1.165) is 5.56 Å². The molecule has 16 heavy (non-hydrogen) atoms. The quantitative estimate of drug-likeness (QED) is 0.600. The summed E-state index contributed by atoms with van der Waals surface area (Å²) in [5.41, 5.74) is 1.08. The summed E-state index contributed by atoms with van der Waals surface area (Å²) in [7, 11) is 1.81. The first-order valence-corrected chi connectivity index (χ1v) is 5.28. The smallest absolute Gasteiger partial charge is 0.338 e. The van der Waals surface area contributed by atoms with Gasteiger partial charge in [-0.2, -0.15) is 0 Å². The zero-order chi connectivity index (χ0) is 12.0. The van der Waals surface area contributed by atoms with Gasteiger partial charge in [0, 0.05) is 11.6 Å². The number of carbonyl (C=O) groups is 1. The van der Waals surface area contributed by atoms with Crippen LogP contribution < -0.4 is 0 Å². The van der Waals surface area contributed by atoms with Crippen molar-refractivity contribution in [1.82, 2.24) is 0 Å². The van der Waals surface area contributed by atoms with E-state index in [1.165, 1.54) is 6.08 Å². The predicted molar refractivity (Wildman–Crippen MR) is 63.5 cm³/mol. The number of rotatable bonds is 5. The molecule has 1 aromatic carbocycles. The lowest BCUT2D eigenvalue weighted by molar-refractivity contribution is -0.846. The Hall–Kier alpha value is -1.45. The van der Waals surface area contributed by atoms with Crippen molar-refractivity contribution in [2.45, 2.75) is 6.54 Å². The molecule has 3 nitrogen and oxygen atoms in total. The normalized spacial score (nSPS) is 14.1. The molecule has 1 aromatic rings. The summed E-state index contributed by atoms with van der Waals surface area (Å²) in [5, 5.41) is 9.02. The van der Waals surface area contributed by atoms with Gasteiger partial charge in [0.1, 0.15) is 13.1 Å². The number of carbonyl (C=O) groups excluding carboxylic acids is 1. The number of hydrogen-bond acceptors (Lipinski definition) is 2. The van der Waals surface area contributed by atoms with Crippen molar-refractivity contribution >= 4 is 5.91 Å². The molecule has 0 saturated heterocycles. The van der Waals surface area contributed by atoms with E-state index >= 15 is 0 Å². The van der Waals surface area contributed by atoms with Gasteiger partial charge >= 0.3 is 5.91 Å². The van der Waals surface area contributed by atoms with Crippen LogP contribution in [0.4, 0.5) is 0 Å². The first kappa shape index (κ1) is 12.6. The second kappa shape index (κ2) is 5.58. The van der Waals surface area contributed by atoms with Crippen molar-refractivity contribution in [3.8, 4) is 0 Å². The molecule has 1 unspecified atom stereocenters. The van der Waals surface area contributed by atoms with E-state index in [1.54, 1.807) is 0 Å². The molecule has 1 atom stereocenters. The fraction of sp³-hybridized carbons (Fsp3) is 0.308. The molecule has 0 aromatic heterocycles. The van der Waals surface area contributed by atoms with Crippen molar-refractivity contribution in [1.29, 1.82) is 0 Å². The van der Waals surface area contributed by atoms with Crippen molar-refractivity contribution in [3.63, 3.8) is 0 Å². The van der Waals surface area contributed by atoms with Crippen LogP contribution in [0.5, 0.6) is 0 Å². The van der Waals surface area contributed by atoms with Gasteiger partial charge in [-0.15, -0.1) is 0 Å². The highest BCUT2D eigenvalue weighted by Crippen LogP contribution is 2.12. The molecule has 0 aliphatic rings. The Kier molecular flexibility index (Phi) is 4.40. The Morgan fingerprint density at radius 3 is 2.56 bits per heavy atom. The molecular weight excluding hydrogens is 202 g/mol. The second-order valence-corrected chi connectivity index (χ2v) is 4.03. The van der Waals surface area contributed by atoms with Gasteiger partial charge in [-0.05, 0) is 0 Å². The molecule has 0 aliphatic heterocycles. The molecule has 86 valence electrons. The van der Waals surface area contributed by atoms with Gasteiger partial charge in [0.25, 0.3) is 0 Å². The lowest BCUT2D eigenvalue weighted by Gasteiger charge is -2.29. The van der Waals surface area contributed by atoms with Crippen LogP contribution >= 0.6 is 0 Å². The molecule has 0 heterocycles. The Balaban J connectivity index is 2.87. The summed E-state index contributed by atoms with van der Waals surface area (Å²) in [4.78, 5) is 11.8. The summed E-state index contributed by atoms with van der Waals surface area (Å²) in [6.07, 6.45) is 1.32. The highest BCUT2D eigenvalue weighted by molar-refractivity contribution is 5.80. The van der Waals surface area contributed by atoms with E-state index < -0.39 is 0 Å². The maximum absolute atomic E-state index is 11.8. The number of amides is 1. The maximum atomic E-state index is 11.8. The molecule has 0 bridgehead atoms. The number of likely N-dealkylation sites (N-methyl/N-ethyl adjacent to an activating group) is 1. The van der Waals surface area contributed by atoms with Crippen molar-refractivity contribution in [3.05, 3.63) is 48.6 Å². The van der Waals surface area contributed by atoms with Crippen molar-refractivity contribution in [2.24, 2.45) is 0 Å². The number of aliphatic hydroxyl groups excluding tert-OH is 1. The first-order valence-electron chi connectivity index (χ1n) is 5.28. The molecule has 1 amide bonds. The summed E-state index contributed by atoms with van der Waals surface area (Å²) < 4.78 is 0.157. The molecule has 3 heteroatoms. The molecule has 0 spiro atoms. The average Bonchev–Trinajstić information content (AvgIpc) is 2.29. The zero-order valence-corrected chi connectivity index (χ0v) is 9.60. The fourth-order valence-corrected chi connectivity index (χ4v) is 1.69. The van der Waals surface area contributed by atoms with E-state index in [0.29, 0.717) is 13.1 Å². The summed E-state index contributed by atoms with van der Waals surface area (Å²) in [6.45, 7) is 4.47. The molecule has 0 fully saturated rings. The van der Waals surface area contributed by atoms with Crippen LogP contribution in [-0.2, 0) is 11.3 Å². The molecule has 0 radical (unpaired) electrons. The standard InChI is InChI=1S/C13H18NO2/c1-3-13(16)14(2,9-10-15)11-12-7-5-4-6-8-12/h3-8,15H,1,9-11H2,2H3/q+1. The number of aliphatic hydroxyl groups is 1. The van der Waals surface area contributed by atoms with Crippen LogP contribution in [0.15, 0.2) is 43.0 Å². The van der Waals surface area contributed by atoms with E-state index in [9.17, 15) is 4.79 Å². The van der Waals surface area contributed by atoms with Gasteiger partial charge in [0.2, 0.25) is 0 Å².